The van der Waals surface area contributed by atoms with Crippen molar-refractivity contribution < 1.29 is 9.90 Å². The second kappa shape index (κ2) is 4.06. The summed E-state index contributed by atoms with van der Waals surface area (Å²) in [5, 5.41) is 8.82. The van der Waals surface area contributed by atoms with E-state index in [4.69, 9.17) is 5.11 Å². The van der Waals surface area contributed by atoms with Crippen molar-refractivity contribution in [3.05, 3.63) is 29.8 Å². The Kier molecular flexibility index (Phi) is 2.86. The first-order chi connectivity index (χ1) is 7.88. The minimum absolute atomic E-state index is 0.349. The number of hydrogen-bond donors (Lipinski definition) is 1. The zero-order chi connectivity index (χ0) is 12.6. The smallest absolute Gasteiger partial charge is 0.335 e. The molecule has 0 aromatic heterocycles. The molecule has 0 radical (unpaired) electrons. The van der Waals surface area contributed by atoms with Crippen molar-refractivity contribution in [2.45, 2.75) is 20.8 Å². The fourth-order valence-electron chi connectivity index (χ4n) is 2.05. The largest absolute Gasteiger partial charge is 0.478 e. The second-order valence-electron chi connectivity index (χ2n) is 5.82. The fourth-order valence-corrected chi connectivity index (χ4v) is 2.05. The Bertz CT molecular complexity index is 411. The summed E-state index contributed by atoms with van der Waals surface area (Å²) in [5.74, 6) is -0.144. The summed E-state index contributed by atoms with van der Waals surface area (Å²) in [4.78, 5) is 13.0. The maximum atomic E-state index is 10.7. The third kappa shape index (κ3) is 2.43. The molecule has 17 heavy (non-hydrogen) atoms. The number of carboxylic acid groups (broad SMARTS) is 1. The van der Waals surface area contributed by atoms with Crippen molar-refractivity contribution in [3.63, 3.8) is 0 Å². The summed E-state index contributed by atoms with van der Waals surface area (Å²) in [5.41, 5.74) is 1.83. The highest BCUT2D eigenvalue weighted by molar-refractivity contribution is 5.88. The number of hydrogen-bond acceptors (Lipinski definition) is 2. The van der Waals surface area contributed by atoms with Crippen LogP contribution in [0.25, 0.3) is 0 Å². The van der Waals surface area contributed by atoms with Gasteiger partial charge in [-0.15, -0.1) is 0 Å². The van der Waals surface area contributed by atoms with Crippen LogP contribution in [0.5, 0.6) is 0 Å². The van der Waals surface area contributed by atoms with Gasteiger partial charge in [0.15, 0.2) is 0 Å². The fraction of sp³-hybridized carbons (Fsp3) is 0.500. The molecule has 3 nitrogen and oxygen atoms in total. The van der Waals surface area contributed by atoms with Crippen molar-refractivity contribution in [2.24, 2.45) is 11.3 Å². The maximum absolute atomic E-state index is 10.7. The van der Waals surface area contributed by atoms with Gasteiger partial charge in [0.25, 0.3) is 0 Å². The van der Waals surface area contributed by atoms with Crippen LogP contribution < -0.4 is 4.90 Å². The van der Waals surface area contributed by atoms with E-state index in [9.17, 15) is 4.79 Å². The number of nitrogens with zero attached hydrogens (tertiary/aromatic N) is 1. The van der Waals surface area contributed by atoms with Crippen LogP contribution in [0.2, 0.25) is 0 Å². The number of benzene rings is 1. The van der Waals surface area contributed by atoms with Gasteiger partial charge in [-0.25, -0.2) is 4.79 Å². The van der Waals surface area contributed by atoms with Gasteiger partial charge < -0.3 is 10.0 Å². The number of aromatic carboxylic acids is 1. The molecule has 0 aliphatic carbocycles. The average molecular weight is 233 g/mol. The molecule has 0 saturated carbocycles. The van der Waals surface area contributed by atoms with Crippen molar-refractivity contribution >= 4 is 11.7 Å². The lowest BCUT2D eigenvalue weighted by atomic mass is 9.76. The van der Waals surface area contributed by atoms with Crippen LogP contribution in [0, 0.1) is 11.3 Å². The lowest BCUT2D eigenvalue weighted by Gasteiger charge is -2.47. The van der Waals surface area contributed by atoms with Crippen molar-refractivity contribution in [1.82, 2.24) is 0 Å². The van der Waals surface area contributed by atoms with Crippen LogP contribution in [0.4, 0.5) is 5.69 Å². The normalized spacial score (nSPS) is 16.8. The van der Waals surface area contributed by atoms with E-state index in [1.54, 1.807) is 12.1 Å². The van der Waals surface area contributed by atoms with E-state index >= 15 is 0 Å². The number of carbonyl (C=O) groups is 1. The Hall–Kier alpha value is -1.51. The Morgan fingerprint density at radius 2 is 1.76 bits per heavy atom. The van der Waals surface area contributed by atoms with E-state index in [1.165, 1.54) is 0 Å². The monoisotopic (exact) mass is 233 g/mol. The van der Waals surface area contributed by atoms with Crippen LogP contribution in [0.1, 0.15) is 31.1 Å². The first kappa shape index (κ1) is 12.0. The summed E-state index contributed by atoms with van der Waals surface area (Å²) in [6, 6.07) is 7.12. The lowest BCUT2D eigenvalue weighted by molar-refractivity contribution is 0.0697. The van der Waals surface area contributed by atoms with E-state index in [1.807, 2.05) is 12.1 Å². The summed E-state index contributed by atoms with van der Waals surface area (Å²) in [7, 11) is 0. The van der Waals surface area contributed by atoms with Gasteiger partial charge in [-0.05, 0) is 35.6 Å². The molecule has 1 saturated heterocycles. The zero-order valence-corrected chi connectivity index (χ0v) is 10.6. The highest BCUT2D eigenvalue weighted by atomic mass is 16.4. The summed E-state index contributed by atoms with van der Waals surface area (Å²) in [6.07, 6.45) is 0. The predicted molar refractivity (Wildman–Crippen MR) is 68.6 cm³/mol. The molecule has 1 fully saturated rings. The molecule has 0 spiro atoms. The minimum atomic E-state index is -0.868. The van der Waals surface area contributed by atoms with Crippen LogP contribution in [-0.2, 0) is 0 Å². The first-order valence-corrected chi connectivity index (χ1v) is 5.96. The molecule has 1 aliphatic heterocycles. The topological polar surface area (TPSA) is 40.5 Å². The van der Waals surface area contributed by atoms with Crippen molar-refractivity contribution in [1.29, 1.82) is 0 Å². The predicted octanol–water partition coefficient (Wildman–Crippen LogP) is 2.87. The van der Waals surface area contributed by atoms with Gasteiger partial charge in [-0.2, -0.15) is 0 Å². The van der Waals surface area contributed by atoms with Gasteiger partial charge in [0.2, 0.25) is 0 Å². The molecule has 1 heterocycles. The third-order valence-corrected chi connectivity index (χ3v) is 3.59. The molecule has 1 aromatic rings. The lowest BCUT2D eigenvalue weighted by Crippen LogP contribution is -2.52. The Labute approximate surface area is 102 Å². The quantitative estimate of drug-likeness (QED) is 0.854. The number of carboxylic acids is 1. The molecule has 1 aliphatic rings. The molecule has 0 bridgehead atoms. The SMILES string of the molecule is CC(C)(C)C1CN(c2ccc(C(=O)O)cc2)C1. The first-order valence-electron chi connectivity index (χ1n) is 5.96. The molecule has 1 N–H and O–H groups in total. The number of rotatable bonds is 2. The van der Waals surface area contributed by atoms with Crippen LogP contribution in [-0.4, -0.2) is 24.2 Å². The van der Waals surface area contributed by atoms with E-state index in [0.717, 1.165) is 24.7 Å². The standard InChI is InChI=1S/C14H19NO2/c1-14(2,3)11-8-15(9-11)12-6-4-10(5-7-12)13(16)17/h4-7,11H,8-9H2,1-3H3,(H,16,17). The minimum Gasteiger partial charge on any atom is -0.478 e. The van der Waals surface area contributed by atoms with Gasteiger partial charge in [0.05, 0.1) is 5.56 Å². The highest BCUT2D eigenvalue weighted by Gasteiger charge is 2.35. The van der Waals surface area contributed by atoms with Crippen LogP contribution in [0.15, 0.2) is 24.3 Å². The molecule has 1 aromatic carbocycles. The summed E-state index contributed by atoms with van der Waals surface area (Å²) >= 11 is 0. The van der Waals surface area contributed by atoms with Crippen molar-refractivity contribution in [3.8, 4) is 0 Å². The Balaban J connectivity index is 2.00. The van der Waals surface area contributed by atoms with Crippen LogP contribution >= 0.6 is 0 Å². The highest BCUT2D eigenvalue weighted by Crippen LogP contribution is 2.36. The zero-order valence-electron chi connectivity index (χ0n) is 10.6. The Morgan fingerprint density at radius 3 is 2.18 bits per heavy atom. The molecule has 0 atom stereocenters. The van der Waals surface area contributed by atoms with Gasteiger partial charge in [-0.3, -0.25) is 0 Å². The van der Waals surface area contributed by atoms with Crippen LogP contribution in [0.3, 0.4) is 0 Å². The summed E-state index contributed by atoms with van der Waals surface area (Å²) < 4.78 is 0. The van der Waals surface area contributed by atoms with E-state index < -0.39 is 5.97 Å². The molecule has 0 unspecified atom stereocenters. The molecule has 3 heteroatoms. The van der Waals surface area contributed by atoms with Crippen molar-refractivity contribution in [2.75, 3.05) is 18.0 Å². The van der Waals surface area contributed by atoms with E-state index in [0.29, 0.717) is 11.0 Å². The molecule has 92 valence electrons. The molecular weight excluding hydrogens is 214 g/mol. The van der Waals surface area contributed by atoms with Gasteiger partial charge >= 0.3 is 5.97 Å². The molecule has 0 amide bonds. The average Bonchev–Trinajstić information content (AvgIpc) is 2.13. The van der Waals surface area contributed by atoms with E-state index in [2.05, 4.69) is 25.7 Å². The van der Waals surface area contributed by atoms with Gasteiger partial charge in [0.1, 0.15) is 0 Å². The number of anilines is 1. The Morgan fingerprint density at radius 1 is 1.24 bits per heavy atom. The van der Waals surface area contributed by atoms with E-state index in [-0.39, 0.29) is 0 Å². The molecular formula is C14H19NO2. The maximum Gasteiger partial charge on any atom is 0.335 e. The summed E-state index contributed by atoms with van der Waals surface area (Å²) in [6.45, 7) is 8.93. The van der Waals surface area contributed by atoms with Gasteiger partial charge in [-0.1, -0.05) is 20.8 Å². The third-order valence-electron chi connectivity index (χ3n) is 3.59. The second-order valence-corrected chi connectivity index (χ2v) is 5.82. The molecule has 2 rings (SSSR count). The van der Waals surface area contributed by atoms with Gasteiger partial charge in [0, 0.05) is 18.8 Å².